The van der Waals surface area contributed by atoms with Crippen LogP contribution in [-0.2, 0) is 4.74 Å². The van der Waals surface area contributed by atoms with Crippen LogP contribution in [0.1, 0.15) is 32.3 Å². The number of phenols is 1. The summed E-state index contributed by atoms with van der Waals surface area (Å²) >= 11 is 0. The fraction of sp³-hybridized carbons (Fsp3) is 0.500. The number of hydrogen-bond acceptors (Lipinski definition) is 6. The fourth-order valence-corrected chi connectivity index (χ4v) is 1.80. The quantitative estimate of drug-likeness (QED) is 0.562. The van der Waals surface area contributed by atoms with Gasteiger partial charge in [0, 0.05) is 25.1 Å². The number of amides is 1. The number of nitro groups is 1. The Balaban J connectivity index is 2.78. The minimum Gasteiger partial charge on any atom is -0.502 e. The van der Waals surface area contributed by atoms with Crippen LogP contribution in [0.4, 0.5) is 10.5 Å². The van der Waals surface area contributed by atoms with Gasteiger partial charge in [-0.25, -0.2) is 4.79 Å². The van der Waals surface area contributed by atoms with E-state index in [2.05, 4.69) is 5.32 Å². The first kappa shape index (κ1) is 17.7. The van der Waals surface area contributed by atoms with Gasteiger partial charge in [0.05, 0.1) is 4.92 Å². The zero-order valence-electron chi connectivity index (χ0n) is 12.8. The van der Waals surface area contributed by atoms with E-state index in [9.17, 15) is 20.0 Å². The molecule has 0 fully saturated rings. The summed E-state index contributed by atoms with van der Waals surface area (Å²) in [6.45, 7) is 5.59. The van der Waals surface area contributed by atoms with Crippen molar-refractivity contribution in [1.29, 1.82) is 0 Å². The number of phenolic OH excluding ortho intramolecular Hbond substituents is 1. The number of nitro benzene ring substituents is 1. The average molecular weight is 311 g/mol. The first-order valence-electron chi connectivity index (χ1n) is 6.78. The van der Waals surface area contributed by atoms with E-state index in [1.165, 1.54) is 18.2 Å². The molecule has 0 heterocycles. The molecule has 1 amide bonds. The van der Waals surface area contributed by atoms with Crippen molar-refractivity contribution in [2.45, 2.75) is 32.3 Å². The van der Waals surface area contributed by atoms with Crippen molar-refractivity contribution in [1.82, 2.24) is 5.32 Å². The molecule has 1 unspecified atom stereocenters. The highest BCUT2D eigenvalue weighted by Gasteiger charge is 2.20. The van der Waals surface area contributed by atoms with E-state index in [1.807, 2.05) is 0 Å². The standard InChI is InChI=1S/C14H21N3O5/c1-14(2,3)22-13(19)16-8-10(7-15)9-4-5-12(18)11(6-9)17(20)21/h4-6,10,18H,7-8,15H2,1-3H3,(H,16,19). The second kappa shape index (κ2) is 7.08. The van der Waals surface area contributed by atoms with Gasteiger partial charge >= 0.3 is 11.8 Å². The van der Waals surface area contributed by atoms with Crippen LogP contribution < -0.4 is 11.1 Å². The van der Waals surface area contributed by atoms with Gasteiger partial charge in [-0.05, 0) is 32.4 Å². The lowest BCUT2D eigenvalue weighted by atomic mass is 9.98. The zero-order chi connectivity index (χ0) is 16.9. The molecule has 0 aliphatic carbocycles. The summed E-state index contributed by atoms with van der Waals surface area (Å²) in [5, 5.41) is 22.9. The van der Waals surface area contributed by atoms with Gasteiger partial charge in [-0.3, -0.25) is 10.1 Å². The first-order valence-corrected chi connectivity index (χ1v) is 6.78. The van der Waals surface area contributed by atoms with Crippen molar-refractivity contribution >= 4 is 11.8 Å². The summed E-state index contributed by atoms with van der Waals surface area (Å²) in [5.41, 5.74) is 5.21. The molecular formula is C14H21N3O5. The van der Waals surface area contributed by atoms with Gasteiger partial charge in [0.15, 0.2) is 5.75 Å². The Morgan fingerprint density at radius 1 is 1.50 bits per heavy atom. The molecule has 0 bridgehead atoms. The maximum atomic E-state index is 11.6. The smallest absolute Gasteiger partial charge is 0.407 e. The minimum absolute atomic E-state index is 0.174. The fourth-order valence-electron chi connectivity index (χ4n) is 1.80. The van der Waals surface area contributed by atoms with Crippen LogP contribution in [0.15, 0.2) is 18.2 Å². The third-order valence-electron chi connectivity index (χ3n) is 2.84. The molecule has 0 aliphatic heterocycles. The Bertz CT molecular complexity index is 554. The lowest BCUT2D eigenvalue weighted by Crippen LogP contribution is -2.36. The van der Waals surface area contributed by atoms with Crippen LogP contribution >= 0.6 is 0 Å². The number of hydrogen-bond donors (Lipinski definition) is 3. The highest BCUT2D eigenvalue weighted by molar-refractivity contribution is 5.67. The van der Waals surface area contributed by atoms with Crippen LogP contribution in [0.3, 0.4) is 0 Å². The molecule has 0 saturated heterocycles. The second-order valence-electron chi connectivity index (χ2n) is 5.82. The monoisotopic (exact) mass is 311 g/mol. The van der Waals surface area contributed by atoms with Crippen molar-refractivity contribution in [2.75, 3.05) is 13.1 Å². The summed E-state index contributed by atoms with van der Waals surface area (Å²) in [5.74, 6) is -0.739. The Labute approximate surface area is 128 Å². The van der Waals surface area contributed by atoms with Crippen molar-refractivity contribution < 1.29 is 19.6 Å². The zero-order valence-corrected chi connectivity index (χ0v) is 12.8. The Morgan fingerprint density at radius 2 is 2.14 bits per heavy atom. The first-order chi connectivity index (χ1) is 10.1. The van der Waals surface area contributed by atoms with Crippen molar-refractivity contribution in [2.24, 2.45) is 5.73 Å². The van der Waals surface area contributed by atoms with E-state index in [-0.39, 0.29) is 19.0 Å². The van der Waals surface area contributed by atoms with Gasteiger partial charge in [-0.1, -0.05) is 6.07 Å². The lowest BCUT2D eigenvalue weighted by Gasteiger charge is -2.21. The minimum atomic E-state index is -0.673. The average Bonchev–Trinajstić information content (AvgIpc) is 2.38. The number of carbonyl (C=O) groups excluding carboxylic acids is 1. The molecule has 0 radical (unpaired) electrons. The van der Waals surface area contributed by atoms with Crippen molar-refractivity contribution in [3.8, 4) is 5.75 Å². The number of aromatic hydroxyl groups is 1. The summed E-state index contributed by atoms with van der Waals surface area (Å²) in [6.07, 6.45) is -0.584. The molecule has 22 heavy (non-hydrogen) atoms. The molecule has 1 aromatic carbocycles. The Kier molecular flexibility index (Phi) is 5.69. The van der Waals surface area contributed by atoms with Gasteiger partial charge in [-0.2, -0.15) is 0 Å². The van der Waals surface area contributed by atoms with Gasteiger partial charge in [0.2, 0.25) is 0 Å². The van der Waals surface area contributed by atoms with Gasteiger partial charge in [-0.15, -0.1) is 0 Å². The van der Waals surface area contributed by atoms with Crippen LogP contribution in [0, 0.1) is 10.1 Å². The SMILES string of the molecule is CC(C)(C)OC(=O)NCC(CN)c1ccc(O)c([N+](=O)[O-])c1. The number of ether oxygens (including phenoxy) is 1. The van der Waals surface area contributed by atoms with Gasteiger partial charge in [0.1, 0.15) is 5.60 Å². The molecule has 8 heteroatoms. The molecule has 8 nitrogen and oxygen atoms in total. The van der Waals surface area contributed by atoms with E-state index in [4.69, 9.17) is 10.5 Å². The summed E-state index contributed by atoms with van der Waals surface area (Å²) in [7, 11) is 0. The number of alkyl carbamates (subject to hydrolysis) is 1. The molecule has 0 aliphatic rings. The Morgan fingerprint density at radius 3 is 2.64 bits per heavy atom. The van der Waals surface area contributed by atoms with Crippen LogP contribution in [0.2, 0.25) is 0 Å². The van der Waals surface area contributed by atoms with E-state index < -0.39 is 28.1 Å². The van der Waals surface area contributed by atoms with E-state index in [0.29, 0.717) is 5.56 Å². The van der Waals surface area contributed by atoms with E-state index >= 15 is 0 Å². The topological polar surface area (TPSA) is 128 Å². The van der Waals surface area contributed by atoms with Crippen LogP contribution in [0.25, 0.3) is 0 Å². The number of benzene rings is 1. The number of rotatable bonds is 5. The molecule has 0 spiro atoms. The molecule has 0 saturated carbocycles. The van der Waals surface area contributed by atoms with Gasteiger partial charge < -0.3 is 20.9 Å². The number of nitrogens with two attached hydrogens (primary N) is 1. The predicted molar refractivity (Wildman–Crippen MR) is 80.8 cm³/mol. The van der Waals surface area contributed by atoms with E-state index in [1.54, 1.807) is 20.8 Å². The third-order valence-corrected chi connectivity index (χ3v) is 2.84. The summed E-state index contributed by atoms with van der Waals surface area (Å²) < 4.78 is 5.11. The molecule has 1 rings (SSSR count). The number of nitrogens with zero attached hydrogens (tertiary/aromatic N) is 1. The maximum absolute atomic E-state index is 11.6. The molecule has 122 valence electrons. The highest BCUT2D eigenvalue weighted by Crippen LogP contribution is 2.29. The maximum Gasteiger partial charge on any atom is 0.407 e. The summed E-state index contributed by atoms with van der Waals surface area (Å²) in [6, 6.07) is 4.03. The molecule has 1 atom stereocenters. The normalized spacial score (nSPS) is 12.5. The largest absolute Gasteiger partial charge is 0.502 e. The molecular weight excluding hydrogens is 290 g/mol. The number of carbonyl (C=O) groups is 1. The van der Waals surface area contributed by atoms with Crippen LogP contribution in [-0.4, -0.2) is 34.8 Å². The summed E-state index contributed by atoms with van der Waals surface area (Å²) in [4.78, 5) is 21.8. The molecule has 4 N–H and O–H groups in total. The van der Waals surface area contributed by atoms with E-state index in [0.717, 1.165) is 0 Å². The van der Waals surface area contributed by atoms with Crippen molar-refractivity contribution in [3.05, 3.63) is 33.9 Å². The highest BCUT2D eigenvalue weighted by atomic mass is 16.6. The van der Waals surface area contributed by atoms with Gasteiger partial charge in [0.25, 0.3) is 0 Å². The molecule has 1 aromatic rings. The van der Waals surface area contributed by atoms with Crippen molar-refractivity contribution in [3.63, 3.8) is 0 Å². The lowest BCUT2D eigenvalue weighted by molar-refractivity contribution is -0.385. The second-order valence-corrected chi connectivity index (χ2v) is 5.82. The Hall–Kier alpha value is -2.35. The number of nitrogens with one attached hydrogen (secondary N) is 1. The third kappa shape index (κ3) is 5.21. The molecule has 0 aromatic heterocycles. The van der Waals surface area contributed by atoms with Crippen LogP contribution in [0.5, 0.6) is 5.75 Å². The predicted octanol–water partition coefficient (Wildman–Crippen LogP) is 1.87.